The molecule has 3 aliphatic carbocycles. The van der Waals surface area contributed by atoms with Gasteiger partial charge in [-0.05, 0) is 23.9 Å². The lowest BCUT2D eigenvalue weighted by Crippen LogP contribution is -2.45. The van der Waals surface area contributed by atoms with E-state index in [-0.39, 0.29) is 17.8 Å². The minimum atomic E-state index is -0.503. The normalized spacial score (nSPS) is 44.4. The van der Waals surface area contributed by atoms with E-state index in [2.05, 4.69) is 4.74 Å². The van der Waals surface area contributed by atoms with Gasteiger partial charge >= 0.3 is 11.9 Å². The number of hydrogen-bond acceptors (Lipinski definition) is 4. The molecule has 2 bridgehead atoms. The summed E-state index contributed by atoms with van der Waals surface area (Å²) in [5.41, 5.74) is 0. The minimum Gasteiger partial charge on any atom is -0.393 e. The zero-order chi connectivity index (χ0) is 11.4. The number of esters is 2. The summed E-state index contributed by atoms with van der Waals surface area (Å²) in [6.07, 6.45) is 4.29. The molecule has 0 aromatic carbocycles. The van der Waals surface area contributed by atoms with E-state index in [4.69, 9.17) is 11.6 Å². The molecule has 0 aromatic heterocycles. The molecular formula is C11H9ClO4. The maximum absolute atomic E-state index is 11.5. The van der Waals surface area contributed by atoms with Crippen molar-refractivity contribution < 1.29 is 19.1 Å². The molecule has 1 aliphatic heterocycles. The molecule has 5 atom stereocenters. The Morgan fingerprint density at radius 2 is 1.94 bits per heavy atom. The van der Waals surface area contributed by atoms with Gasteiger partial charge in [-0.15, -0.1) is 0 Å². The molecule has 0 radical (unpaired) electrons. The number of carbonyl (C=O) groups is 3. The molecule has 16 heavy (non-hydrogen) atoms. The van der Waals surface area contributed by atoms with Crippen molar-refractivity contribution in [3.8, 4) is 0 Å². The fraction of sp³-hybridized carbons (Fsp3) is 0.545. The lowest BCUT2D eigenvalue weighted by molar-refractivity contribution is -0.154. The molecular weight excluding hydrogens is 232 g/mol. The summed E-state index contributed by atoms with van der Waals surface area (Å²) in [7, 11) is 0. The van der Waals surface area contributed by atoms with Gasteiger partial charge in [0.25, 0.3) is 0 Å². The Balaban J connectivity index is 2.02. The third-order valence-electron chi connectivity index (χ3n) is 3.87. The second-order valence-corrected chi connectivity index (χ2v) is 4.94. The quantitative estimate of drug-likeness (QED) is 0.296. The molecule has 0 N–H and O–H groups in total. The van der Waals surface area contributed by atoms with Crippen molar-refractivity contribution in [2.24, 2.45) is 29.6 Å². The van der Waals surface area contributed by atoms with Gasteiger partial charge in [0.1, 0.15) is 0 Å². The summed E-state index contributed by atoms with van der Waals surface area (Å²) >= 11 is 5.52. The number of cyclic esters (lactones) is 2. The molecule has 0 amide bonds. The molecule has 1 saturated carbocycles. The van der Waals surface area contributed by atoms with Crippen LogP contribution in [-0.4, -0.2) is 17.2 Å². The Labute approximate surface area is 96.6 Å². The van der Waals surface area contributed by atoms with E-state index in [0.717, 1.165) is 0 Å². The van der Waals surface area contributed by atoms with Crippen LogP contribution in [0.5, 0.6) is 0 Å². The van der Waals surface area contributed by atoms with Crippen LogP contribution in [0.3, 0.4) is 0 Å². The maximum Gasteiger partial charge on any atom is 0.318 e. The molecule has 0 aromatic rings. The largest absolute Gasteiger partial charge is 0.393 e. The highest BCUT2D eigenvalue weighted by Crippen LogP contribution is 2.51. The predicted molar refractivity (Wildman–Crippen MR) is 53.2 cm³/mol. The van der Waals surface area contributed by atoms with Crippen molar-refractivity contribution in [1.82, 2.24) is 0 Å². The molecule has 5 heteroatoms. The fourth-order valence-electron chi connectivity index (χ4n) is 3.18. The topological polar surface area (TPSA) is 60.4 Å². The Morgan fingerprint density at radius 1 is 1.25 bits per heavy atom. The molecule has 4 rings (SSSR count). The smallest absolute Gasteiger partial charge is 0.318 e. The first-order valence-corrected chi connectivity index (χ1v) is 5.60. The van der Waals surface area contributed by atoms with E-state index in [1.54, 1.807) is 0 Å². The SMILES string of the molecule is O=C(Cl)C1CC2C=CC1C1C(=O)OC(=O)C21. The van der Waals surface area contributed by atoms with Crippen LogP contribution in [0.15, 0.2) is 12.2 Å². The summed E-state index contributed by atoms with van der Waals surface area (Å²) in [5.74, 6) is -2.54. The lowest BCUT2D eigenvalue weighted by atomic mass is 9.59. The molecule has 0 spiro atoms. The number of ether oxygens (including phenoxy) is 1. The van der Waals surface area contributed by atoms with Crippen molar-refractivity contribution in [3.05, 3.63) is 12.2 Å². The van der Waals surface area contributed by atoms with E-state index in [1.165, 1.54) is 0 Å². The number of allylic oxidation sites excluding steroid dienone is 2. The fourth-order valence-corrected chi connectivity index (χ4v) is 3.41. The second-order valence-electron chi connectivity index (χ2n) is 4.56. The highest BCUT2D eigenvalue weighted by atomic mass is 35.5. The van der Waals surface area contributed by atoms with E-state index >= 15 is 0 Å². The summed E-state index contributed by atoms with van der Waals surface area (Å²) in [6, 6.07) is 0. The van der Waals surface area contributed by atoms with Crippen LogP contribution in [0, 0.1) is 29.6 Å². The standard InChI is InChI=1S/C11H9ClO4/c12-9(13)6-3-4-1-2-5(6)8-7(4)10(14)16-11(8)15/h1-2,4-8H,3H2. The first-order valence-electron chi connectivity index (χ1n) is 5.23. The average molecular weight is 241 g/mol. The van der Waals surface area contributed by atoms with Crippen molar-refractivity contribution >= 4 is 28.8 Å². The second kappa shape index (κ2) is 3.17. The van der Waals surface area contributed by atoms with Gasteiger partial charge in [-0.25, -0.2) is 0 Å². The van der Waals surface area contributed by atoms with Crippen LogP contribution < -0.4 is 0 Å². The van der Waals surface area contributed by atoms with Gasteiger partial charge < -0.3 is 4.74 Å². The number of carbonyl (C=O) groups excluding carboxylic acids is 3. The molecule has 5 unspecified atom stereocenters. The average Bonchev–Trinajstić information content (AvgIpc) is 2.57. The lowest BCUT2D eigenvalue weighted by Gasteiger charge is -2.41. The van der Waals surface area contributed by atoms with Crippen molar-refractivity contribution in [2.45, 2.75) is 6.42 Å². The van der Waals surface area contributed by atoms with E-state index < -0.39 is 29.0 Å². The van der Waals surface area contributed by atoms with Gasteiger partial charge in [0.2, 0.25) is 5.24 Å². The van der Waals surface area contributed by atoms with Crippen LogP contribution in [0.25, 0.3) is 0 Å². The van der Waals surface area contributed by atoms with E-state index in [1.807, 2.05) is 12.2 Å². The van der Waals surface area contributed by atoms with Gasteiger partial charge in [0.15, 0.2) is 0 Å². The first-order chi connectivity index (χ1) is 7.59. The third kappa shape index (κ3) is 1.13. The summed E-state index contributed by atoms with van der Waals surface area (Å²) in [6.45, 7) is 0. The molecule has 4 aliphatic rings. The Bertz CT molecular complexity index is 428. The zero-order valence-electron chi connectivity index (χ0n) is 8.26. The van der Waals surface area contributed by atoms with Gasteiger partial charge in [-0.1, -0.05) is 12.2 Å². The van der Waals surface area contributed by atoms with Gasteiger partial charge in [-0.2, -0.15) is 0 Å². The van der Waals surface area contributed by atoms with Crippen molar-refractivity contribution in [2.75, 3.05) is 0 Å². The predicted octanol–water partition coefficient (Wildman–Crippen LogP) is 0.890. The number of hydrogen-bond donors (Lipinski definition) is 0. The molecule has 1 heterocycles. The minimum absolute atomic E-state index is 0.0818. The number of rotatable bonds is 1. The molecule has 84 valence electrons. The van der Waals surface area contributed by atoms with Crippen LogP contribution in [-0.2, 0) is 19.1 Å². The van der Waals surface area contributed by atoms with E-state index in [0.29, 0.717) is 6.42 Å². The van der Waals surface area contributed by atoms with Crippen LogP contribution in [0.4, 0.5) is 0 Å². The van der Waals surface area contributed by atoms with Gasteiger partial charge in [0.05, 0.1) is 11.8 Å². The van der Waals surface area contributed by atoms with Crippen LogP contribution in [0.1, 0.15) is 6.42 Å². The maximum atomic E-state index is 11.5. The summed E-state index contributed by atoms with van der Waals surface area (Å²) in [4.78, 5) is 34.3. The number of fused-ring (bicyclic) bond motifs is 1. The monoisotopic (exact) mass is 240 g/mol. The first kappa shape index (κ1) is 10.0. The molecule has 1 saturated heterocycles. The van der Waals surface area contributed by atoms with Gasteiger partial charge in [0, 0.05) is 11.8 Å². The van der Waals surface area contributed by atoms with Crippen LogP contribution in [0.2, 0.25) is 0 Å². The highest BCUT2D eigenvalue weighted by molar-refractivity contribution is 6.64. The number of halogens is 1. The van der Waals surface area contributed by atoms with Crippen molar-refractivity contribution in [3.63, 3.8) is 0 Å². The van der Waals surface area contributed by atoms with E-state index in [9.17, 15) is 14.4 Å². The van der Waals surface area contributed by atoms with Gasteiger partial charge in [-0.3, -0.25) is 14.4 Å². The Morgan fingerprint density at radius 3 is 2.62 bits per heavy atom. The summed E-state index contributed by atoms with van der Waals surface area (Å²) < 4.78 is 4.64. The Hall–Kier alpha value is -1.16. The highest BCUT2D eigenvalue weighted by Gasteiger charge is 2.58. The van der Waals surface area contributed by atoms with Crippen molar-refractivity contribution in [1.29, 1.82) is 0 Å². The molecule has 4 nitrogen and oxygen atoms in total. The molecule has 2 fully saturated rings. The zero-order valence-corrected chi connectivity index (χ0v) is 9.02. The van der Waals surface area contributed by atoms with Crippen LogP contribution >= 0.6 is 11.6 Å². The third-order valence-corrected chi connectivity index (χ3v) is 4.15. The Kier molecular flexibility index (Phi) is 1.98. The summed E-state index contributed by atoms with van der Waals surface area (Å²) in [5, 5.41) is -0.426.